The summed E-state index contributed by atoms with van der Waals surface area (Å²) in [4.78, 5) is 54.6. The molecule has 3 aromatic rings. The number of ether oxygens (including phenoxy) is 1. The lowest BCUT2D eigenvalue weighted by Crippen LogP contribution is -2.55. The summed E-state index contributed by atoms with van der Waals surface area (Å²) in [5.41, 5.74) is 5.16. The predicted octanol–water partition coefficient (Wildman–Crippen LogP) is 4.06. The van der Waals surface area contributed by atoms with E-state index in [1.54, 1.807) is 4.90 Å². The number of nitrogens with zero attached hydrogens (tertiary/aromatic N) is 2. The van der Waals surface area contributed by atoms with Crippen molar-refractivity contribution in [3.05, 3.63) is 95.6 Å². The summed E-state index contributed by atoms with van der Waals surface area (Å²) < 4.78 is 5.81. The number of aliphatic carboxylic acids is 1. The van der Waals surface area contributed by atoms with Crippen LogP contribution in [0.4, 0.5) is 4.79 Å². The number of carboxylic acids is 1. The van der Waals surface area contributed by atoms with Crippen molar-refractivity contribution in [3.8, 4) is 11.1 Å². The van der Waals surface area contributed by atoms with Gasteiger partial charge in [0.25, 0.3) is 0 Å². The number of carboxylic acid groups (broad SMARTS) is 1. The quantitative estimate of drug-likeness (QED) is 0.381. The van der Waals surface area contributed by atoms with Crippen LogP contribution in [0.2, 0.25) is 0 Å². The van der Waals surface area contributed by atoms with Crippen LogP contribution in [0, 0.1) is 0 Å². The molecule has 0 aromatic heterocycles. The van der Waals surface area contributed by atoms with Gasteiger partial charge in [0.1, 0.15) is 18.7 Å². The molecule has 0 radical (unpaired) electrons. The second-order valence-electron chi connectivity index (χ2n) is 10.8. The van der Waals surface area contributed by atoms with Crippen LogP contribution < -0.4 is 5.32 Å². The Kier molecular flexibility index (Phi) is 8.85. The lowest BCUT2D eigenvalue weighted by molar-refractivity contribution is -0.143. The number of likely N-dealkylation sites (tertiary alicyclic amines) is 1. The fraction of sp³-hybridized carbons (Fsp3) is 0.333. The zero-order valence-corrected chi connectivity index (χ0v) is 23.6. The van der Waals surface area contributed by atoms with Crippen LogP contribution in [-0.4, -0.2) is 77.6 Å². The van der Waals surface area contributed by atoms with Gasteiger partial charge in [0.05, 0.1) is 6.42 Å². The van der Waals surface area contributed by atoms with E-state index in [1.807, 2.05) is 66.7 Å². The molecule has 42 heavy (non-hydrogen) atoms. The maximum atomic E-state index is 13.7. The van der Waals surface area contributed by atoms with Gasteiger partial charge in [-0.2, -0.15) is 0 Å². The average Bonchev–Trinajstić information content (AvgIpc) is 3.65. The molecule has 0 spiro atoms. The standard InChI is InChI=1S/C33H35N3O6/c1-35(33(41)42-21-27-25-15-7-5-13-23(25)24-14-6-8-16-26(24)27)29(19-22-11-3-2-4-12-22)31(39)34-28(20-30(37)38)32(40)36-17-9-10-18-36/h2-8,11-16,27-29H,9-10,17-21H2,1H3,(H,34,39)(H,37,38)/t28-,29-/m0/s1. The number of rotatable bonds is 10. The van der Waals surface area contributed by atoms with Crippen LogP contribution in [0.25, 0.3) is 11.1 Å². The number of hydrogen-bond acceptors (Lipinski definition) is 5. The number of carbonyl (C=O) groups excluding carboxylic acids is 3. The summed E-state index contributed by atoms with van der Waals surface area (Å²) in [6.45, 7) is 1.14. The third-order valence-corrected chi connectivity index (χ3v) is 8.08. The van der Waals surface area contributed by atoms with Gasteiger partial charge in [0.2, 0.25) is 11.8 Å². The maximum absolute atomic E-state index is 13.7. The molecule has 1 heterocycles. The van der Waals surface area contributed by atoms with E-state index in [4.69, 9.17) is 4.74 Å². The van der Waals surface area contributed by atoms with Gasteiger partial charge in [0, 0.05) is 32.5 Å². The van der Waals surface area contributed by atoms with Gasteiger partial charge in [-0.05, 0) is 40.7 Å². The first-order valence-corrected chi connectivity index (χ1v) is 14.3. The molecule has 3 amide bonds. The Bertz CT molecular complexity index is 1410. The number of benzene rings is 3. The Labute approximate surface area is 245 Å². The summed E-state index contributed by atoms with van der Waals surface area (Å²) in [5.74, 6) is -2.38. The van der Waals surface area contributed by atoms with Gasteiger partial charge in [-0.1, -0.05) is 78.9 Å². The molecule has 2 N–H and O–H groups in total. The van der Waals surface area contributed by atoms with Gasteiger partial charge in [-0.15, -0.1) is 0 Å². The lowest BCUT2D eigenvalue weighted by Gasteiger charge is -2.30. The molecule has 3 aromatic carbocycles. The predicted molar refractivity (Wildman–Crippen MR) is 157 cm³/mol. The van der Waals surface area contributed by atoms with Crippen LogP contribution in [0.5, 0.6) is 0 Å². The van der Waals surface area contributed by atoms with E-state index in [9.17, 15) is 24.3 Å². The molecule has 0 unspecified atom stereocenters. The highest BCUT2D eigenvalue weighted by Gasteiger charge is 2.35. The highest BCUT2D eigenvalue weighted by atomic mass is 16.6. The fourth-order valence-corrected chi connectivity index (χ4v) is 5.87. The molecule has 1 saturated heterocycles. The van der Waals surface area contributed by atoms with Crippen molar-refractivity contribution in [2.24, 2.45) is 0 Å². The van der Waals surface area contributed by atoms with E-state index in [0.29, 0.717) is 13.1 Å². The second kappa shape index (κ2) is 12.9. The summed E-state index contributed by atoms with van der Waals surface area (Å²) in [6, 6.07) is 23.0. The Morgan fingerprint density at radius 1 is 0.905 bits per heavy atom. The van der Waals surface area contributed by atoms with Crippen molar-refractivity contribution in [2.75, 3.05) is 26.7 Å². The molecule has 0 bridgehead atoms. The third kappa shape index (κ3) is 6.30. The molecule has 2 aliphatic rings. The number of fused-ring (bicyclic) bond motifs is 3. The molecular formula is C33H35N3O6. The summed E-state index contributed by atoms with van der Waals surface area (Å²) in [7, 11) is 1.49. The first-order valence-electron chi connectivity index (χ1n) is 14.3. The third-order valence-electron chi connectivity index (χ3n) is 8.08. The first kappa shape index (κ1) is 28.9. The minimum atomic E-state index is -1.23. The second-order valence-corrected chi connectivity index (χ2v) is 10.8. The van der Waals surface area contributed by atoms with Crippen LogP contribution in [0.1, 0.15) is 41.9 Å². The summed E-state index contributed by atoms with van der Waals surface area (Å²) in [5, 5.41) is 12.1. The zero-order chi connectivity index (χ0) is 29.6. The molecule has 2 atom stereocenters. The van der Waals surface area contributed by atoms with Crippen molar-refractivity contribution in [1.29, 1.82) is 0 Å². The minimum Gasteiger partial charge on any atom is -0.481 e. The van der Waals surface area contributed by atoms with Crippen molar-refractivity contribution in [1.82, 2.24) is 15.1 Å². The van der Waals surface area contributed by atoms with E-state index in [2.05, 4.69) is 17.4 Å². The molecule has 1 aliphatic heterocycles. The van der Waals surface area contributed by atoms with Crippen molar-refractivity contribution in [2.45, 2.75) is 43.7 Å². The fourth-order valence-electron chi connectivity index (χ4n) is 5.87. The Hall–Kier alpha value is -4.66. The molecule has 1 aliphatic carbocycles. The molecule has 0 saturated carbocycles. The highest BCUT2D eigenvalue weighted by molar-refractivity contribution is 5.93. The number of carbonyl (C=O) groups is 4. The summed E-state index contributed by atoms with van der Waals surface area (Å²) >= 11 is 0. The SMILES string of the molecule is CN(C(=O)OCC1c2ccccc2-c2ccccc21)[C@@H](Cc1ccccc1)C(=O)N[C@@H](CC(=O)O)C(=O)N1CCCC1. The molecule has 5 rings (SSSR count). The Morgan fingerprint density at radius 2 is 1.48 bits per heavy atom. The molecule has 9 nitrogen and oxygen atoms in total. The lowest BCUT2D eigenvalue weighted by atomic mass is 9.98. The van der Waals surface area contributed by atoms with Crippen molar-refractivity contribution < 1.29 is 29.0 Å². The number of hydrogen-bond donors (Lipinski definition) is 2. The van der Waals surface area contributed by atoms with E-state index in [-0.39, 0.29) is 18.9 Å². The van der Waals surface area contributed by atoms with Gasteiger partial charge in [-0.3, -0.25) is 19.3 Å². The van der Waals surface area contributed by atoms with Gasteiger partial charge < -0.3 is 20.1 Å². The van der Waals surface area contributed by atoms with E-state index >= 15 is 0 Å². The normalized spacial score (nSPS) is 15.3. The van der Waals surface area contributed by atoms with Gasteiger partial charge in [-0.25, -0.2) is 4.79 Å². The van der Waals surface area contributed by atoms with E-state index in [1.165, 1.54) is 11.9 Å². The largest absolute Gasteiger partial charge is 0.481 e. The average molecular weight is 570 g/mol. The van der Waals surface area contributed by atoms with Crippen LogP contribution in [-0.2, 0) is 25.5 Å². The molecule has 218 valence electrons. The Balaban J connectivity index is 1.33. The number of likely N-dealkylation sites (N-methyl/N-ethyl adjacent to an activating group) is 1. The maximum Gasteiger partial charge on any atom is 0.410 e. The molecular weight excluding hydrogens is 534 g/mol. The van der Waals surface area contributed by atoms with Gasteiger partial charge in [0.15, 0.2) is 0 Å². The molecule has 1 fully saturated rings. The molecule has 9 heteroatoms. The Morgan fingerprint density at radius 3 is 2.07 bits per heavy atom. The highest BCUT2D eigenvalue weighted by Crippen LogP contribution is 2.44. The zero-order valence-electron chi connectivity index (χ0n) is 23.6. The van der Waals surface area contributed by atoms with Crippen molar-refractivity contribution >= 4 is 23.9 Å². The van der Waals surface area contributed by atoms with Crippen LogP contribution >= 0.6 is 0 Å². The monoisotopic (exact) mass is 569 g/mol. The van der Waals surface area contributed by atoms with Crippen LogP contribution in [0.15, 0.2) is 78.9 Å². The van der Waals surface area contributed by atoms with Crippen molar-refractivity contribution in [3.63, 3.8) is 0 Å². The first-order chi connectivity index (χ1) is 20.3. The van der Waals surface area contributed by atoms with Crippen LogP contribution in [0.3, 0.4) is 0 Å². The number of nitrogens with one attached hydrogen (secondary N) is 1. The summed E-state index contributed by atoms with van der Waals surface area (Å²) in [6.07, 6.45) is 0.591. The van der Waals surface area contributed by atoms with E-state index in [0.717, 1.165) is 40.7 Å². The minimum absolute atomic E-state index is 0.0892. The smallest absolute Gasteiger partial charge is 0.410 e. The topological polar surface area (TPSA) is 116 Å². The number of amides is 3. The van der Waals surface area contributed by atoms with Gasteiger partial charge >= 0.3 is 12.1 Å². The van der Waals surface area contributed by atoms with E-state index < -0.39 is 42.4 Å².